The lowest BCUT2D eigenvalue weighted by Crippen LogP contribution is -2.54. The molecule has 1 aromatic carbocycles. The van der Waals surface area contributed by atoms with E-state index in [-0.39, 0.29) is 11.5 Å². The zero-order chi connectivity index (χ0) is 14.8. The van der Waals surface area contributed by atoms with Gasteiger partial charge in [-0.2, -0.15) is 0 Å². The van der Waals surface area contributed by atoms with E-state index < -0.39 is 5.60 Å². The fourth-order valence-electron chi connectivity index (χ4n) is 2.08. The Hall–Kier alpha value is -1.07. The van der Waals surface area contributed by atoms with Gasteiger partial charge in [-0.3, -0.25) is 0 Å². The molecule has 0 aliphatic carbocycles. The summed E-state index contributed by atoms with van der Waals surface area (Å²) in [6.45, 7) is 7.30. The van der Waals surface area contributed by atoms with Gasteiger partial charge in [0.25, 0.3) is 0 Å². The van der Waals surface area contributed by atoms with Crippen molar-refractivity contribution >= 4 is 22.0 Å². The van der Waals surface area contributed by atoms with Crippen molar-refractivity contribution < 1.29 is 14.3 Å². The molecule has 4 nitrogen and oxygen atoms in total. The number of hydrogen-bond acceptors (Lipinski definition) is 3. The van der Waals surface area contributed by atoms with Crippen LogP contribution in [0.1, 0.15) is 26.3 Å². The highest BCUT2D eigenvalue weighted by atomic mass is 79.9. The van der Waals surface area contributed by atoms with E-state index in [1.807, 2.05) is 32.9 Å². The average Bonchev–Trinajstić information content (AvgIpc) is 2.27. The minimum atomic E-state index is -0.481. The molecule has 0 bridgehead atoms. The molecule has 1 aliphatic heterocycles. The van der Waals surface area contributed by atoms with Crippen LogP contribution in [-0.2, 0) is 14.9 Å². The Balaban J connectivity index is 1.98. The fraction of sp³-hybridized carbons (Fsp3) is 0.533. The summed E-state index contributed by atoms with van der Waals surface area (Å²) in [6, 6.07) is 8.12. The van der Waals surface area contributed by atoms with Gasteiger partial charge in [0.2, 0.25) is 0 Å². The summed E-state index contributed by atoms with van der Waals surface area (Å²) >= 11 is 3.43. The molecule has 1 fully saturated rings. The van der Waals surface area contributed by atoms with E-state index in [2.05, 4.69) is 33.4 Å². The van der Waals surface area contributed by atoms with Gasteiger partial charge in [0, 0.05) is 11.0 Å². The van der Waals surface area contributed by atoms with Crippen LogP contribution in [0.25, 0.3) is 0 Å². The van der Waals surface area contributed by atoms with Crippen molar-refractivity contribution in [3.8, 4) is 0 Å². The first-order chi connectivity index (χ1) is 9.31. The number of nitrogens with one attached hydrogen (secondary N) is 1. The van der Waals surface area contributed by atoms with E-state index in [1.54, 1.807) is 0 Å². The van der Waals surface area contributed by atoms with Gasteiger partial charge in [-0.1, -0.05) is 28.1 Å². The van der Waals surface area contributed by atoms with Gasteiger partial charge in [0.1, 0.15) is 5.60 Å². The number of ether oxygens (including phenoxy) is 2. The van der Waals surface area contributed by atoms with Crippen molar-refractivity contribution in [3.63, 3.8) is 0 Å². The lowest BCUT2D eigenvalue weighted by atomic mass is 9.78. The Bertz CT molecular complexity index is 475. The summed E-state index contributed by atoms with van der Waals surface area (Å²) in [6.07, 6.45) is -0.388. The summed E-state index contributed by atoms with van der Waals surface area (Å²) in [5, 5.41) is 2.84. The lowest BCUT2D eigenvalue weighted by Gasteiger charge is -2.42. The number of alkyl carbamates (subject to hydrolysis) is 1. The molecule has 0 aromatic heterocycles. The second-order valence-electron chi connectivity index (χ2n) is 6.14. The van der Waals surface area contributed by atoms with Gasteiger partial charge in [-0.05, 0) is 38.5 Å². The highest BCUT2D eigenvalue weighted by molar-refractivity contribution is 9.10. The molecule has 0 spiro atoms. The number of halogens is 1. The molecule has 1 heterocycles. The molecule has 1 aliphatic rings. The second kappa shape index (κ2) is 5.74. The Morgan fingerprint density at radius 2 is 1.95 bits per heavy atom. The van der Waals surface area contributed by atoms with Crippen LogP contribution in [-0.4, -0.2) is 31.5 Å². The highest BCUT2D eigenvalue weighted by Crippen LogP contribution is 2.32. The zero-order valence-electron chi connectivity index (χ0n) is 12.0. The number of carbonyl (C=O) groups excluding carboxylic acids is 1. The van der Waals surface area contributed by atoms with E-state index in [4.69, 9.17) is 9.47 Å². The van der Waals surface area contributed by atoms with Gasteiger partial charge in [-0.25, -0.2) is 4.79 Å². The molecule has 110 valence electrons. The van der Waals surface area contributed by atoms with E-state index in [0.29, 0.717) is 19.8 Å². The third-order valence-electron chi connectivity index (χ3n) is 3.18. The average molecular weight is 342 g/mol. The molecule has 1 aromatic rings. The van der Waals surface area contributed by atoms with Gasteiger partial charge < -0.3 is 14.8 Å². The standard InChI is InChI=1S/C15H20BrNO3/c1-14(2,3)20-13(18)17-8-15(9-19-10-15)11-4-6-12(16)7-5-11/h4-7H,8-10H2,1-3H3,(H,17,18). The Morgan fingerprint density at radius 1 is 1.35 bits per heavy atom. The second-order valence-corrected chi connectivity index (χ2v) is 7.05. The molecular formula is C15H20BrNO3. The van der Waals surface area contributed by atoms with E-state index in [9.17, 15) is 4.79 Å². The summed E-state index contributed by atoms with van der Waals surface area (Å²) in [4.78, 5) is 11.7. The van der Waals surface area contributed by atoms with Gasteiger partial charge in [0.05, 0.1) is 18.6 Å². The maximum Gasteiger partial charge on any atom is 0.407 e. The van der Waals surface area contributed by atoms with Gasteiger partial charge in [-0.15, -0.1) is 0 Å². The monoisotopic (exact) mass is 341 g/mol. The van der Waals surface area contributed by atoms with Crippen molar-refractivity contribution in [1.82, 2.24) is 5.32 Å². The quantitative estimate of drug-likeness (QED) is 0.917. The van der Waals surface area contributed by atoms with Crippen LogP contribution < -0.4 is 5.32 Å². The Labute approximate surface area is 128 Å². The minimum absolute atomic E-state index is 0.141. The van der Waals surface area contributed by atoms with Crippen LogP contribution in [0.2, 0.25) is 0 Å². The summed E-state index contributed by atoms with van der Waals surface area (Å²) in [5.41, 5.74) is 0.547. The van der Waals surface area contributed by atoms with Crippen molar-refractivity contribution in [2.45, 2.75) is 31.8 Å². The number of carbonyl (C=O) groups is 1. The number of hydrogen-bond donors (Lipinski definition) is 1. The molecule has 1 N–H and O–H groups in total. The summed E-state index contributed by atoms with van der Waals surface area (Å²) < 4.78 is 11.6. The molecule has 1 amide bonds. The lowest BCUT2D eigenvalue weighted by molar-refractivity contribution is -0.0595. The van der Waals surface area contributed by atoms with Crippen LogP contribution in [0.3, 0.4) is 0 Å². The maximum absolute atomic E-state index is 11.7. The first-order valence-electron chi connectivity index (χ1n) is 6.61. The fourth-order valence-corrected chi connectivity index (χ4v) is 2.34. The number of benzene rings is 1. The van der Waals surface area contributed by atoms with Gasteiger partial charge >= 0.3 is 6.09 Å². The first-order valence-corrected chi connectivity index (χ1v) is 7.41. The van der Waals surface area contributed by atoms with Gasteiger partial charge in [0.15, 0.2) is 0 Å². The number of rotatable bonds is 3. The van der Waals surface area contributed by atoms with Crippen LogP contribution in [0.15, 0.2) is 28.7 Å². The van der Waals surface area contributed by atoms with Crippen molar-refractivity contribution in [2.75, 3.05) is 19.8 Å². The molecule has 5 heteroatoms. The first kappa shape index (κ1) is 15.3. The van der Waals surface area contributed by atoms with E-state index in [0.717, 1.165) is 4.47 Å². The minimum Gasteiger partial charge on any atom is -0.444 e. The third-order valence-corrected chi connectivity index (χ3v) is 3.71. The van der Waals surface area contributed by atoms with Crippen LogP contribution in [0.4, 0.5) is 4.79 Å². The highest BCUT2D eigenvalue weighted by Gasteiger charge is 2.40. The molecule has 20 heavy (non-hydrogen) atoms. The maximum atomic E-state index is 11.7. The number of amides is 1. The molecule has 0 unspecified atom stereocenters. The Kier molecular flexibility index (Phi) is 4.39. The molecule has 1 saturated heterocycles. The predicted molar refractivity (Wildman–Crippen MR) is 80.9 cm³/mol. The van der Waals surface area contributed by atoms with Crippen molar-refractivity contribution in [3.05, 3.63) is 34.3 Å². The Morgan fingerprint density at radius 3 is 2.40 bits per heavy atom. The smallest absolute Gasteiger partial charge is 0.407 e. The predicted octanol–water partition coefficient (Wildman–Crippen LogP) is 3.24. The van der Waals surface area contributed by atoms with E-state index in [1.165, 1.54) is 5.56 Å². The molecule has 2 rings (SSSR count). The topological polar surface area (TPSA) is 47.6 Å². The largest absolute Gasteiger partial charge is 0.444 e. The summed E-state index contributed by atoms with van der Waals surface area (Å²) in [5.74, 6) is 0. The normalized spacial score (nSPS) is 17.2. The molecule has 0 atom stereocenters. The van der Waals surface area contributed by atoms with Crippen molar-refractivity contribution in [1.29, 1.82) is 0 Å². The third kappa shape index (κ3) is 3.73. The SMILES string of the molecule is CC(C)(C)OC(=O)NCC1(c2ccc(Br)cc2)COC1. The molecular weight excluding hydrogens is 322 g/mol. The van der Waals surface area contributed by atoms with Crippen LogP contribution in [0, 0.1) is 0 Å². The van der Waals surface area contributed by atoms with Crippen LogP contribution in [0.5, 0.6) is 0 Å². The van der Waals surface area contributed by atoms with E-state index >= 15 is 0 Å². The zero-order valence-corrected chi connectivity index (χ0v) is 13.6. The van der Waals surface area contributed by atoms with Crippen molar-refractivity contribution in [2.24, 2.45) is 0 Å². The molecule has 0 saturated carbocycles. The molecule has 0 radical (unpaired) electrons. The summed E-state index contributed by atoms with van der Waals surface area (Å²) in [7, 11) is 0. The van der Waals surface area contributed by atoms with Crippen LogP contribution >= 0.6 is 15.9 Å².